The highest BCUT2D eigenvalue weighted by atomic mass is 32.1. The number of hydrogen-bond acceptors (Lipinski definition) is 3. The molecule has 0 aliphatic carbocycles. The summed E-state index contributed by atoms with van der Waals surface area (Å²) in [5.74, 6) is 0. The molecule has 0 saturated carbocycles. The Morgan fingerprint density at radius 3 is 1.66 bits per heavy atom. The van der Waals surface area contributed by atoms with Crippen LogP contribution < -0.4 is 4.90 Å². The van der Waals surface area contributed by atoms with Gasteiger partial charge in [-0.2, -0.15) is 0 Å². The van der Waals surface area contributed by atoms with Gasteiger partial charge in [-0.1, -0.05) is 182 Å². The van der Waals surface area contributed by atoms with E-state index in [0.717, 1.165) is 50.1 Å². The standard InChI is InChI=1S/C58H37NOS/c1-2-16-43-38(14-1)15-11-23-47(43)46-18-4-3-17-44(46)39-30-34-41(35-31-39)59(42-36-32-40(33-37-42)45-22-12-24-51-49-20-6-9-28-55(49)60-57(45)51)54-27-8-5-19-48(54)52-25-13-26-53-50-21-7-10-29-56(50)61-58(52)53/h1-37H. The highest BCUT2D eigenvalue weighted by Crippen LogP contribution is 2.47. The van der Waals surface area contributed by atoms with Crippen molar-refractivity contribution in [1.29, 1.82) is 0 Å². The van der Waals surface area contributed by atoms with E-state index in [1.807, 2.05) is 23.5 Å². The predicted molar refractivity (Wildman–Crippen MR) is 261 cm³/mol. The summed E-state index contributed by atoms with van der Waals surface area (Å²) in [6, 6.07) is 81.1. The molecule has 12 rings (SSSR count). The lowest BCUT2D eigenvalue weighted by molar-refractivity contribution is 0.670. The van der Waals surface area contributed by atoms with Crippen molar-refractivity contribution in [2.24, 2.45) is 0 Å². The smallest absolute Gasteiger partial charge is 0.143 e. The van der Waals surface area contributed by atoms with E-state index in [1.165, 1.54) is 64.3 Å². The van der Waals surface area contributed by atoms with Crippen LogP contribution in [0.5, 0.6) is 0 Å². The van der Waals surface area contributed by atoms with Gasteiger partial charge in [-0.05, 0) is 81.1 Å². The van der Waals surface area contributed by atoms with Gasteiger partial charge in [0, 0.05) is 59.0 Å². The molecular formula is C58H37NOS. The molecule has 12 aromatic rings. The molecule has 0 N–H and O–H groups in total. The van der Waals surface area contributed by atoms with Gasteiger partial charge in [0.25, 0.3) is 0 Å². The van der Waals surface area contributed by atoms with Crippen LogP contribution in [-0.4, -0.2) is 0 Å². The summed E-state index contributed by atoms with van der Waals surface area (Å²) in [4.78, 5) is 2.41. The number of para-hydroxylation sites is 3. The number of thiophene rings is 1. The molecule has 0 amide bonds. The van der Waals surface area contributed by atoms with Gasteiger partial charge in [0.2, 0.25) is 0 Å². The quantitative estimate of drug-likeness (QED) is 0.160. The normalized spacial score (nSPS) is 11.6. The molecule has 0 spiro atoms. The zero-order valence-corrected chi connectivity index (χ0v) is 33.9. The van der Waals surface area contributed by atoms with Crippen LogP contribution >= 0.6 is 11.3 Å². The van der Waals surface area contributed by atoms with Crippen LogP contribution in [0.15, 0.2) is 229 Å². The molecule has 0 unspecified atom stereocenters. The third-order valence-electron chi connectivity index (χ3n) is 12.1. The van der Waals surface area contributed by atoms with Crippen molar-refractivity contribution in [2.75, 3.05) is 4.90 Å². The molecule has 0 aliphatic rings. The topological polar surface area (TPSA) is 16.4 Å². The molecule has 10 aromatic carbocycles. The van der Waals surface area contributed by atoms with Crippen LogP contribution in [-0.2, 0) is 0 Å². The van der Waals surface area contributed by atoms with Gasteiger partial charge in [-0.25, -0.2) is 0 Å². The number of nitrogens with zero attached hydrogens (tertiary/aromatic N) is 1. The van der Waals surface area contributed by atoms with Crippen LogP contribution in [0.2, 0.25) is 0 Å². The molecular weight excluding hydrogens is 759 g/mol. The van der Waals surface area contributed by atoms with Gasteiger partial charge in [0.05, 0.1) is 5.69 Å². The molecule has 0 aliphatic heterocycles. The van der Waals surface area contributed by atoms with Gasteiger partial charge in [0.15, 0.2) is 0 Å². The molecule has 61 heavy (non-hydrogen) atoms. The molecule has 2 nitrogen and oxygen atoms in total. The van der Waals surface area contributed by atoms with Crippen molar-refractivity contribution < 1.29 is 4.42 Å². The van der Waals surface area contributed by atoms with Gasteiger partial charge >= 0.3 is 0 Å². The number of fused-ring (bicyclic) bond motifs is 7. The fourth-order valence-electron chi connectivity index (χ4n) is 9.27. The third-order valence-corrected chi connectivity index (χ3v) is 13.3. The highest BCUT2D eigenvalue weighted by Gasteiger charge is 2.21. The van der Waals surface area contributed by atoms with Crippen molar-refractivity contribution in [3.8, 4) is 44.5 Å². The second-order valence-electron chi connectivity index (χ2n) is 15.6. The summed E-state index contributed by atoms with van der Waals surface area (Å²) in [7, 11) is 0. The zero-order chi connectivity index (χ0) is 40.3. The molecule has 0 radical (unpaired) electrons. The minimum absolute atomic E-state index is 0.904. The average molecular weight is 796 g/mol. The van der Waals surface area contributed by atoms with Crippen LogP contribution in [0.4, 0.5) is 17.1 Å². The number of benzene rings is 10. The van der Waals surface area contributed by atoms with Crippen LogP contribution in [0.3, 0.4) is 0 Å². The largest absolute Gasteiger partial charge is 0.455 e. The van der Waals surface area contributed by atoms with Gasteiger partial charge in [0.1, 0.15) is 11.2 Å². The first-order chi connectivity index (χ1) is 30.3. The van der Waals surface area contributed by atoms with E-state index in [2.05, 4.69) is 217 Å². The second kappa shape index (κ2) is 14.5. The lowest BCUT2D eigenvalue weighted by atomic mass is 9.91. The summed E-state index contributed by atoms with van der Waals surface area (Å²) in [6.45, 7) is 0. The monoisotopic (exact) mass is 795 g/mol. The molecule has 286 valence electrons. The van der Waals surface area contributed by atoms with Crippen molar-refractivity contribution in [1.82, 2.24) is 0 Å². The molecule has 0 atom stereocenters. The molecule has 2 aromatic heterocycles. The maximum atomic E-state index is 6.47. The van der Waals surface area contributed by atoms with E-state index >= 15 is 0 Å². The number of hydrogen-bond donors (Lipinski definition) is 0. The number of furan rings is 1. The van der Waals surface area contributed by atoms with E-state index in [1.54, 1.807) is 0 Å². The number of anilines is 3. The van der Waals surface area contributed by atoms with Gasteiger partial charge < -0.3 is 9.32 Å². The van der Waals surface area contributed by atoms with E-state index in [4.69, 9.17) is 4.42 Å². The Hall–Kier alpha value is -7.72. The summed E-state index contributed by atoms with van der Waals surface area (Å²) >= 11 is 1.87. The molecule has 2 heterocycles. The maximum Gasteiger partial charge on any atom is 0.143 e. The maximum absolute atomic E-state index is 6.47. The van der Waals surface area contributed by atoms with Crippen molar-refractivity contribution in [3.63, 3.8) is 0 Å². The van der Waals surface area contributed by atoms with Crippen LogP contribution in [0.25, 0.3) is 97.4 Å². The highest BCUT2D eigenvalue weighted by molar-refractivity contribution is 7.26. The molecule has 0 saturated heterocycles. The fraction of sp³-hybridized carbons (Fsp3) is 0. The molecule has 0 fully saturated rings. The third kappa shape index (κ3) is 5.93. The Kier molecular flexibility index (Phi) is 8.39. The SMILES string of the molecule is c1ccc(-c2cccc3ccccc23)c(-c2ccc(N(c3ccc(-c4cccc5c4oc4ccccc45)cc3)c3ccccc3-c3cccc4c3sc3ccccc34)cc2)c1. The van der Waals surface area contributed by atoms with Crippen LogP contribution in [0, 0.1) is 0 Å². The van der Waals surface area contributed by atoms with E-state index in [-0.39, 0.29) is 0 Å². The number of rotatable bonds is 7. The minimum Gasteiger partial charge on any atom is -0.455 e. The fourth-order valence-corrected chi connectivity index (χ4v) is 10.5. The van der Waals surface area contributed by atoms with E-state index < -0.39 is 0 Å². The van der Waals surface area contributed by atoms with E-state index in [0.29, 0.717) is 0 Å². The summed E-state index contributed by atoms with van der Waals surface area (Å²) in [5.41, 5.74) is 14.5. The lowest BCUT2D eigenvalue weighted by Crippen LogP contribution is -2.11. The van der Waals surface area contributed by atoms with Crippen LogP contribution in [0.1, 0.15) is 0 Å². The molecule has 3 heteroatoms. The van der Waals surface area contributed by atoms with Gasteiger partial charge in [-0.3, -0.25) is 0 Å². The van der Waals surface area contributed by atoms with E-state index in [9.17, 15) is 0 Å². The Morgan fingerprint density at radius 1 is 0.328 bits per heavy atom. The lowest BCUT2D eigenvalue weighted by Gasteiger charge is -2.28. The van der Waals surface area contributed by atoms with Crippen molar-refractivity contribution >= 4 is 81.3 Å². The molecule has 0 bridgehead atoms. The Balaban J connectivity index is 1.01. The summed E-state index contributed by atoms with van der Waals surface area (Å²) in [5, 5.41) is 7.35. The van der Waals surface area contributed by atoms with Crippen molar-refractivity contribution in [2.45, 2.75) is 0 Å². The Bertz CT molecular complexity index is 3590. The van der Waals surface area contributed by atoms with Crippen molar-refractivity contribution in [3.05, 3.63) is 224 Å². The predicted octanol–water partition coefficient (Wildman–Crippen LogP) is 17.2. The summed E-state index contributed by atoms with van der Waals surface area (Å²) < 4.78 is 9.07. The first-order valence-corrected chi connectivity index (χ1v) is 21.6. The first kappa shape index (κ1) is 35.2. The summed E-state index contributed by atoms with van der Waals surface area (Å²) in [6.07, 6.45) is 0. The minimum atomic E-state index is 0.904. The first-order valence-electron chi connectivity index (χ1n) is 20.7. The average Bonchev–Trinajstić information content (AvgIpc) is 3.91. The zero-order valence-electron chi connectivity index (χ0n) is 33.1. The van der Waals surface area contributed by atoms with Gasteiger partial charge in [-0.15, -0.1) is 11.3 Å². The second-order valence-corrected chi connectivity index (χ2v) is 16.6. The Labute approximate surface area is 357 Å². The Morgan fingerprint density at radius 2 is 0.852 bits per heavy atom.